The maximum absolute atomic E-state index is 13.6. The Bertz CT molecular complexity index is 1590. The second-order valence-corrected chi connectivity index (χ2v) is 14.6. The molecular weight excluding hydrogens is 652 g/mol. The molecule has 5 rings (SSSR count). The molecule has 1 unspecified atom stereocenters. The molecule has 1 saturated carbocycles. The van der Waals surface area contributed by atoms with E-state index in [1.165, 1.54) is 4.90 Å². The van der Waals surface area contributed by atoms with Gasteiger partial charge in [0.05, 0.1) is 29.7 Å². The molecule has 1 saturated heterocycles. The lowest BCUT2D eigenvalue weighted by Gasteiger charge is -2.44. The molecule has 6 nitrogen and oxygen atoms in total. The SMILES string of the molecule is CCC(Cc1ccc(OC)c(C2=C(CN3C(=O)O[C@H](c4cc(C(F)(F)F)cc(C(F)(F)F)c4)[C@@H]3C)CC(C)(C)CC2)c1)C1(C(=O)O)CCC1. The Balaban J connectivity index is 1.50. The molecule has 268 valence electrons. The summed E-state index contributed by atoms with van der Waals surface area (Å²) in [6.07, 6.45) is -6.74. The predicted molar refractivity (Wildman–Crippen MR) is 171 cm³/mol. The van der Waals surface area contributed by atoms with E-state index in [9.17, 15) is 41.0 Å². The summed E-state index contributed by atoms with van der Waals surface area (Å²) in [5.74, 6) is -0.202. The van der Waals surface area contributed by atoms with Crippen molar-refractivity contribution in [1.82, 2.24) is 4.90 Å². The highest BCUT2D eigenvalue weighted by molar-refractivity contribution is 5.78. The highest BCUT2D eigenvalue weighted by Gasteiger charge is 2.50. The van der Waals surface area contributed by atoms with Gasteiger partial charge in [-0.1, -0.05) is 39.7 Å². The van der Waals surface area contributed by atoms with Crippen LogP contribution >= 0.6 is 0 Å². The van der Waals surface area contributed by atoms with Gasteiger partial charge in [0, 0.05) is 12.1 Å². The van der Waals surface area contributed by atoms with Gasteiger partial charge in [-0.05, 0) is 109 Å². The number of halogens is 6. The van der Waals surface area contributed by atoms with Crippen molar-refractivity contribution in [3.8, 4) is 5.75 Å². The predicted octanol–water partition coefficient (Wildman–Crippen LogP) is 10.1. The number of nitrogens with zero attached hydrogens (tertiary/aromatic N) is 1. The Labute approximate surface area is 282 Å². The van der Waals surface area contributed by atoms with Crippen molar-refractivity contribution in [3.63, 3.8) is 0 Å². The second kappa shape index (κ2) is 13.2. The zero-order valence-electron chi connectivity index (χ0n) is 28.4. The summed E-state index contributed by atoms with van der Waals surface area (Å²) in [5, 5.41) is 10.1. The van der Waals surface area contributed by atoms with Crippen LogP contribution in [0.15, 0.2) is 42.0 Å². The van der Waals surface area contributed by atoms with Crippen LogP contribution in [0.1, 0.15) is 107 Å². The van der Waals surface area contributed by atoms with E-state index in [0.717, 1.165) is 35.1 Å². The van der Waals surface area contributed by atoms with Crippen LogP contribution in [-0.4, -0.2) is 41.8 Å². The molecule has 0 radical (unpaired) electrons. The molecule has 2 aliphatic carbocycles. The number of aliphatic carboxylic acids is 1. The fourth-order valence-electron chi connectivity index (χ4n) is 7.89. The average molecular weight is 696 g/mol. The third-order valence-corrected chi connectivity index (χ3v) is 10.9. The third-order valence-electron chi connectivity index (χ3n) is 10.9. The first-order valence-corrected chi connectivity index (χ1v) is 16.7. The van der Waals surface area contributed by atoms with Gasteiger partial charge in [0.2, 0.25) is 0 Å². The molecule has 2 fully saturated rings. The topological polar surface area (TPSA) is 76.1 Å². The van der Waals surface area contributed by atoms with Crippen molar-refractivity contribution in [2.75, 3.05) is 13.7 Å². The number of alkyl halides is 6. The molecule has 1 aliphatic heterocycles. The molecule has 0 spiro atoms. The van der Waals surface area contributed by atoms with Crippen molar-refractivity contribution >= 4 is 17.6 Å². The number of hydrogen-bond acceptors (Lipinski definition) is 4. The number of rotatable bonds is 10. The molecule has 12 heteroatoms. The molecule has 2 aromatic carbocycles. The fourth-order valence-corrected chi connectivity index (χ4v) is 7.89. The third kappa shape index (κ3) is 7.29. The zero-order valence-corrected chi connectivity index (χ0v) is 28.4. The number of carboxylic acids is 1. The lowest BCUT2D eigenvalue weighted by atomic mass is 9.59. The average Bonchev–Trinajstić information content (AvgIpc) is 3.27. The van der Waals surface area contributed by atoms with Gasteiger partial charge < -0.3 is 14.6 Å². The van der Waals surface area contributed by atoms with Gasteiger partial charge in [0.25, 0.3) is 0 Å². The van der Waals surface area contributed by atoms with E-state index in [1.54, 1.807) is 14.0 Å². The lowest BCUT2D eigenvalue weighted by Crippen LogP contribution is -2.45. The van der Waals surface area contributed by atoms with E-state index < -0.39 is 53.1 Å². The van der Waals surface area contributed by atoms with Crippen LogP contribution in [0.25, 0.3) is 5.57 Å². The number of benzene rings is 2. The van der Waals surface area contributed by atoms with Crippen molar-refractivity contribution in [1.29, 1.82) is 0 Å². The minimum absolute atomic E-state index is 0.0513. The van der Waals surface area contributed by atoms with Crippen LogP contribution in [0.5, 0.6) is 5.75 Å². The normalized spacial score (nSPS) is 22.8. The minimum Gasteiger partial charge on any atom is -0.496 e. The quantitative estimate of drug-likeness (QED) is 0.251. The van der Waals surface area contributed by atoms with E-state index in [1.807, 2.05) is 25.1 Å². The van der Waals surface area contributed by atoms with Crippen LogP contribution in [0, 0.1) is 16.7 Å². The van der Waals surface area contributed by atoms with Crippen LogP contribution < -0.4 is 4.74 Å². The second-order valence-electron chi connectivity index (χ2n) is 14.6. The Morgan fingerprint density at radius 3 is 2.18 bits per heavy atom. The summed E-state index contributed by atoms with van der Waals surface area (Å²) < 4.78 is 93.0. The van der Waals surface area contributed by atoms with Crippen molar-refractivity contribution in [2.24, 2.45) is 16.7 Å². The molecule has 0 bridgehead atoms. The Morgan fingerprint density at radius 2 is 1.67 bits per heavy atom. The molecule has 3 aliphatic rings. The number of carboxylic acid groups (broad SMARTS) is 1. The van der Waals surface area contributed by atoms with Crippen LogP contribution in [0.2, 0.25) is 0 Å². The number of carbonyl (C=O) groups is 2. The van der Waals surface area contributed by atoms with E-state index >= 15 is 0 Å². The van der Waals surface area contributed by atoms with Gasteiger partial charge in [0.15, 0.2) is 0 Å². The molecular formula is C37H43F6NO5. The monoisotopic (exact) mass is 695 g/mol. The van der Waals surface area contributed by atoms with E-state index in [0.29, 0.717) is 56.4 Å². The van der Waals surface area contributed by atoms with Gasteiger partial charge in [-0.25, -0.2) is 4.79 Å². The lowest BCUT2D eigenvalue weighted by molar-refractivity contribution is -0.160. The summed E-state index contributed by atoms with van der Waals surface area (Å²) in [5.41, 5.74) is -0.582. The summed E-state index contributed by atoms with van der Waals surface area (Å²) in [6, 6.07) is 6.25. The van der Waals surface area contributed by atoms with Crippen LogP contribution in [-0.2, 0) is 28.3 Å². The number of hydrogen-bond donors (Lipinski definition) is 1. The molecule has 2 aromatic rings. The first-order chi connectivity index (χ1) is 22.8. The minimum atomic E-state index is -5.04. The first-order valence-electron chi connectivity index (χ1n) is 16.7. The van der Waals surface area contributed by atoms with Gasteiger partial charge in [-0.3, -0.25) is 9.69 Å². The van der Waals surface area contributed by atoms with E-state index in [-0.39, 0.29) is 29.5 Å². The highest BCUT2D eigenvalue weighted by Crippen LogP contribution is 2.51. The number of methoxy groups -OCH3 is 1. The number of allylic oxidation sites excluding steroid dienone is 1. The summed E-state index contributed by atoms with van der Waals surface area (Å²) in [4.78, 5) is 27.0. The van der Waals surface area contributed by atoms with Crippen molar-refractivity contribution in [2.45, 2.75) is 104 Å². The molecule has 49 heavy (non-hydrogen) atoms. The summed E-state index contributed by atoms with van der Waals surface area (Å²) in [6.45, 7) is 7.83. The number of cyclic esters (lactones) is 1. The number of amides is 1. The Kier molecular flexibility index (Phi) is 9.86. The Hall–Kier alpha value is -3.70. The number of carbonyl (C=O) groups excluding carboxylic acids is 1. The van der Waals surface area contributed by atoms with Crippen molar-refractivity contribution < 1.29 is 50.5 Å². The highest BCUT2D eigenvalue weighted by atomic mass is 19.4. The number of ether oxygens (including phenoxy) is 2. The maximum atomic E-state index is 13.6. The largest absolute Gasteiger partial charge is 0.496 e. The van der Waals surface area contributed by atoms with E-state index in [2.05, 4.69) is 13.8 Å². The zero-order chi connectivity index (χ0) is 36.1. The smallest absolute Gasteiger partial charge is 0.416 e. The fraction of sp³-hybridized carbons (Fsp3) is 0.568. The van der Waals surface area contributed by atoms with Gasteiger partial charge in [0.1, 0.15) is 11.9 Å². The molecule has 1 amide bonds. The van der Waals surface area contributed by atoms with Crippen LogP contribution in [0.4, 0.5) is 31.1 Å². The Morgan fingerprint density at radius 1 is 1.04 bits per heavy atom. The van der Waals surface area contributed by atoms with Gasteiger partial charge >= 0.3 is 24.4 Å². The molecule has 0 aromatic heterocycles. The summed E-state index contributed by atoms with van der Waals surface area (Å²) >= 11 is 0. The molecule has 1 heterocycles. The van der Waals surface area contributed by atoms with E-state index in [4.69, 9.17) is 9.47 Å². The summed E-state index contributed by atoms with van der Waals surface area (Å²) in [7, 11) is 1.56. The van der Waals surface area contributed by atoms with Gasteiger partial charge in [-0.15, -0.1) is 0 Å². The van der Waals surface area contributed by atoms with Gasteiger partial charge in [-0.2, -0.15) is 26.3 Å². The standard InChI is InChI=1S/C37H43F6NO5/c1-6-25(35(32(45)46)11-7-12-35)14-22-8-9-30(48-5)29(15-22)28-10-13-34(3,4)19-24(28)20-44-21(2)31(49-33(44)47)23-16-26(36(38,39)40)18-27(17-23)37(41,42)43/h8-9,15-18,21,25,31H,6-7,10-14,19-20H2,1-5H3,(H,45,46)/t21-,25?,31-/m0/s1. The first kappa shape index (κ1) is 36.6. The maximum Gasteiger partial charge on any atom is 0.416 e. The molecule has 3 atom stereocenters. The van der Waals surface area contributed by atoms with Crippen LogP contribution in [0.3, 0.4) is 0 Å². The molecule has 1 N–H and O–H groups in total. The van der Waals surface area contributed by atoms with Crippen molar-refractivity contribution in [3.05, 3.63) is 69.8 Å².